The van der Waals surface area contributed by atoms with Gasteiger partial charge in [-0.1, -0.05) is 0 Å². The van der Waals surface area contributed by atoms with Crippen LogP contribution in [-0.4, -0.2) is 15.3 Å². The minimum atomic E-state index is 0. The van der Waals surface area contributed by atoms with Gasteiger partial charge >= 0.3 is 31.9 Å². The number of hydrogen-bond acceptors (Lipinski definition) is 0. The van der Waals surface area contributed by atoms with Gasteiger partial charge < -0.3 is 29.7 Å². The van der Waals surface area contributed by atoms with E-state index in [1.807, 2.05) is 24.3 Å². The molecule has 0 bridgehead atoms. The summed E-state index contributed by atoms with van der Waals surface area (Å²) in [5.41, 5.74) is 0. The summed E-state index contributed by atoms with van der Waals surface area (Å²) >= 11 is 0.556. The zero-order chi connectivity index (χ0) is 9.78. The van der Waals surface area contributed by atoms with Crippen LogP contribution < -0.4 is 0 Å². The zero-order valence-corrected chi connectivity index (χ0v) is 18.6. The second-order valence-corrected chi connectivity index (χ2v) is 11.3. The molecule has 2 rings (SSSR count). The Kier molecular flexibility index (Phi) is 96.2. The minimum absolute atomic E-state index is 0. The molecule has 0 nitrogen and oxygen atoms in total. The van der Waals surface area contributed by atoms with Crippen molar-refractivity contribution in [2.24, 2.45) is 0 Å². The molecule has 0 aromatic carbocycles. The van der Waals surface area contributed by atoms with Crippen LogP contribution in [-0.2, 0) is 16.6 Å². The predicted molar refractivity (Wildman–Crippen MR) is 100 cm³/mol. The van der Waals surface area contributed by atoms with Crippen LogP contribution in [0.5, 0.6) is 0 Å². The van der Waals surface area contributed by atoms with Crippen molar-refractivity contribution < 1.29 is 16.6 Å². The Morgan fingerprint density at radius 1 is 0.737 bits per heavy atom. The molecule has 0 amide bonds. The van der Waals surface area contributed by atoms with E-state index in [0.29, 0.717) is 16.6 Å². The van der Waals surface area contributed by atoms with E-state index < -0.39 is 0 Å². The summed E-state index contributed by atoms with van der Waals surface area (Å²) in [5.74, 6) is 0. The van der Waals surface area contributed by atoms with Gasteiger partial charge in [-0.2, -0.15) is 12.2 Å². The van der Waals surface area contributed by atoms with Crippen LogP contribution in [0.3, 0.4) is 0 Å². The van der Waals surface area contributed by atoms with Crippen LogP contribution in [0.25, 0.3) is 0 Å². The molecule has 0 fully saturated rings. The normalized spacial score (nSPS) is 9.68. The molecular weight excluding hydrogens is 343 g/mol. The first-order chi connectivity index (χ1) is 6.41. The second-order valence-electron chi connectivity index (χ2n) is 2.26. The molecule has 0 aromatic heterocycles. The Balaban J connectivity index is -0.0000000201. The molecule has 0 radical (unpaired) electrons. The van der Waals surface area contributed by atoms with Gasteiger partial charge in [-0.05, 0) is 0 Å². The van der Waals surface area contributed by atoms with Crippen LogP contribution in [0.2, 0.25) is 0 Å². The molecule has 19 heavy (non-hydrogen) atoms. The van der Waals surface area contributed by atoms with Crippen LogP contribution in [0, 0.1) is 41.9 Å². The topological polar surface area (TPSA) is 0 Å². The Morgan fingerprint density at radius 3 is 1.05 bits per heavy atom. The van der Waals surface area contributed by atoms with Crippen LogP contribution >= 0.6 is 24.8 Å². The van der Waals surface area contributed by atoms with Gasteiger partial charge in [0.2, 0.25) is 0 Å². The molecule has 0 N–H and O–H groups in total. The van der Waals surface area contributed by atoms with E-state index in [-0.39, 0.29) is 54.5 Å². The van der Waals surface area contributed by atoms with E-state index >= 15 is 0 Å². The fourth-order valence-electron chi connectivity index (χ4n) is 0.680. The second kappa shape index (κ2) is 42.8. The van der Waals surface area contributed by atoms with Crippen LogP contribution in [0.15, 0.2) is 36.5 Å². The average Bonchev–Trinajstić information content (AvgIpc) is 2.85. The first kappa shape index (κ1) is 42.7. The number of rotatable bonds is 0. The molecule has 0 aliphatic heterocycles. The molecule has 0 heterocycles. The monoisotopic (exact) mass is 370 g/mol. The van der Waals surface area contributed by atoms with Crippen molar-refractivity contribution in [2.75, 3.05) is 0 Å². The van der Waals surface area contributed by atoms with E-state index in [1.54, 1.807) is 0 Å². The SMILES string of the molecule is Cl.Cl.[C-]1=CC=CC1.[C-]1=CC=CC1.[CH3-].[CH3-].[CH3-].[CH3-].[SiH2]=[Ti]=[SiH2]. The summed E-state index contributed by atoms with van der Waals surface area (Å²) in [7, 11) is 4.22. The van der Waals surface area contributed by atoms with Crippen molar-refractivity contribution in [1.82, 2.24) is 0 Å². The van der Waals surface area contributed by atoms with Gasteiger partial charge in [-0.25, -0.2) is 24.3 Å². The Bertz CT molecular complexity index is 225. The third kappa shape index (κ3) is 45.6. The van der Waals surface area contributed by atoms with Crippen molar-refractivity contribution in [3.63, 3.8) is 0 Å². The molecule has 0 aromatic rings. The standard InChI is InChI=1S/2C5H5.4CH3.2ClH.2H2Si.Ti/c2*1-2-4-5-3-1;;;;;;;;;/h2*1-3H,4H2;4*1H3;2*1H;2*1H2;/q6*-1;;;;;. The summed E-state index contributed by atoms with van der Waals surface area (Å²) in [6.07, 6.45) is 20.0. The molecule has 116 valence electrons. The molecular formula is C14H28Cl2Si2Ti-6. The molecule has 0 saturated carbocycles. The third-order valence-electron chi connectivity index (χ3n) is 1.17. The fourth-order valence-corrected chi connectivity index (χ4v) is 0.680. The van der Waals surface area contributed by atoms with Gasteiger partial charge in [0.25, 0.3) is 0 Å². The molecule has 0 atom stereocenters. The van der Waals surface area contributed by atoms with Gasteiger partial charge in [0.15, 0.2) is 0 Å². The summed E-state index contributed by atoms with van der Waals surface area (Å²) < 4.78 is 0. The van der Waals surface area contributed by atoms with E-state index in [9.17, 15) is 0 Å². The van der Waals surface area contributed by atoms with Crippen molar-refractivity contribution in [1.29, 1.82) is 0 Å². The van der Waals surface area contributed by atoms with Crippen LogP contribution in [0.1, 0.15) is 12.8 Å². The Morgan fingerprint density at radius 2 is 1.00 bits per heavy atom. The summed E-state index contributed by atoms with van der Waals surface area (Å²) in [6.45, 7) is 0. The van der Waals surface area contributed by atoms with Gasteiger partial charge in [0.05, 0.1) is 0 Å². The maximum atomic E-state index is 2.99. The quantitative estimate of drug-likeness (QED) is 0.452. The third-order valence-corrected chi connectivity index (χ3v) is 1.17. The molecule has 5 heteroatoms. The summed E-state index contributed by atoms with van der Waals surface area (Å²) in [6, 6.07) is 0. The molecule has 0 saturated heterocycles. The fraction of sp³-hybridized carbons (Fsp3) is 0.143. The first-order valence-electron chi connectivity index (χ1n) is 4.14. The van der Waals surface area contributed by atoms with Crippen LogP contribution in [0.4, 0.5) is 0 Å². The van der Waals surface area contributed by atoms with Crippen molar-refractivity contribution in [2.45, 2.75) is 12.8 Å². The van der Waals surface area contributed by atoms with Crippen molar-refractivity contribution >= 4 is 40.1 Å². The van der Waals surface area contributed by atoms with E-state index in [2.05, 4.69) is 39.6 Å². The average molecular weight is 371 g/mol. The van der Waals surface area contributed by atoms with Gasteiger partial charge in [0, 0.05) is 0 Å². The first-order valence-corrected chi connectivity index (χ1v) is 12.2. The number of halogens is 2. The van der Waals surface area contributed by atoms with Gasteiger partial charge in [-0.15, -0.1) is 37.7 Å². The van der Waals surface area contributed by atoms with Crippen molar-refractivity contribution in [3.8, 4) is 0 Å². The maximum absolute atomic E-state index is 2.99. The Hall–Kier alpha value is 0.688. The number of hydrogen-bond donors (Lipinski definition) is 0. The zero-order valence-electron chi connectivity index (χ0n) is 12.6. The summed E-state index contributed by atoms with van der Waals surface area (Å²) in [4.78, 5) is 0. The summed E-state index contributed by atoms with van der Waals surface area (Å²) in [5, 5.41) is 0. The van der Waals surface area contributed by atoms with E-state index in [0.717, 1.165) is 12.8 Å². The van der Waals surface area contributed by atoms with Gasteiger partial charge in [-0.3, -0.25) is 12.2 Å². The molecule has 2 aliphatic rings. The molecule has 0 spiro atoms. The van der Waals surface area contributed by atoms with Crippen molar-refractivity contribution in [3.05, 3.63) is 78.3 Å². The molecule has 0 unspecified atom stereocenters. The molecule has 2 aliphatic carbocycles. The predicted octanol–water partition coefficient (Wildman–Crippen LogP) is 3.42. The van der Waals surface area contributed by atoms with Gasteiger partial charge in [0.1, 0.15) is 0 Å². The number of allylic oxidation sites excluding steroid dienone is 8. The van der Waals surface area contributed by atoms with E-state index in [1.165, 1.54) is 0 Å². The van der Waals surface area contributed by atoms with E-state index in [4.69, 9.17) is 0 Å². The Labute approximate surface area is 147 Å².